The van der Waals surface area contributed by atoms with Crippen molar-refractivity contribution in [3.8, 4) is 16.9 Å². The Labute approximate surface area is 175 Å². The molecule has 0 radical (unpaired) electrons. The van der Waals surface area contributed by atoms with Gasteiger partial charge in [0.25, 0.3) is 0 Å². The molecule has 5 rings (SSSR count). The molecule has 0 unspecified atom stereocenters. The van der Waals surface area contributed by atoms with Crippen LogP contribution in [0.2, 0.25) is 0 Å². The molecule has 1 saturated carbocycles. The third-order valence-electron chi connectivity index (χ3n) is 5.85. The minimum atomic E-state index is -4.93. The van der Waals surface area contributed by atoms with Crippen molar-refractivity contribution < 1.29 is 27.1 Å². The summed E-state index contributed by atoms with van der Waals surface area (Å²) in [5.74, 6) is -0.866. The van der Waals surface area contributed by atoms with E-state index in [2.05, 4.69) is 19.9 Å². The zero-order chi connectivity index (χ0) is 21.6. The predicted molar refractivity (Wildman–Crippen MR) is 106 cm³/mol. The van der Waals surface area contributed by atoms with E-state index in [0.29, 0.717) is 29.0 Å². The molecule has 0 saturated heterocycles. The summed E-state index contributed by atoms with van der Waals surface area (Å²) in [7, 11) is 0. The van der Waals surface area contributed by atoms with Crippen molar-refractivity contribution in [3.05, 3.63) is 48.0 Å². The number of aromatic nitrogens is 2. The van der Waals surface area contributed by atoms with E-state index in [0.717, 1.165) is 37.8 Å². The molecular formula is C22H19F4N3O2. The fourth-order valence-corrected chi connectivity index (χ4v) is 4.40. The molecule has 1 fully saturated rings. The molecule has 1 aliphatic heterocycles. The number of ether oxygens (including phenoxy) is 1. The number of hydrogen-bond donors (Lipinski definition) is 1. The number of aromatic amines is 1. The molecule has 1 aliphatic carbocycles. The minimum Gasteiger partial charge on any atom is -0.405 e. The smallest absolute Gasteiger partial charge is 0.405 e. The van der Waals surface area contributed by atoms with Crippen LogP contribution in [-0.2, 0) is 4.84 Å². The van der Waals surface area contributed by atoms with E-state index in [4.69, 9.17) is 4.84 Å². The van der Waals surface area contributed by atoms with E-state index >= 15 is 0 Å². The Bertz CT molecular complexity index is 1160. The van der Waals surface area contributed by atoms with Crippen molar-refractivity contribution >= 4 is 16.7 Å². The van der Waals surface area contributed by atoms with Gasteiger partial charge in [-0.05, 0) is 55.5 Å². The molecule has 1 spiro atoms. The van der Waals surface area contributed by atoms with Crippen molar-refractivity contribution in [1.29, 1.82) is 0 Å². The highest BCUT2D eigenvalue weighted by molar-refractivity contribution is 6.01. The van der Waals surface area contributed by atoms with Gasteiger partial charge in [-0.15, -0.1) is 13.2 Å². The number of H-pyrrole nitrogens is 1. The normalized spacial score (nSPS) is 18.3. The van der Waals surface area contributed by atoms with Crippen LogP contribution in [0.5, 0.6) is 5.75 Å². The topological polar surface area (TPSA) is 59.5 Å². The van der Waals surface area contributed by atoms with Gasteiger partial charge in [-0.2, -0.15) is 0 Å². The molecule has 2 heterocycles. The van der Waals surface area contributed by atoms with Gasteiger partial charge in [0.1, 0.15) is 22.9 Å². The van der Waals surface area contributed by atoms with E-state index in [1.807, 2.05) is 0 Å². The fraction of sp³-hybridized carbons (Fsp3) is 0.364. The van der Waals surface area contributed by atoms with Crippen molar-refractivity contribution in [2.75, 3.05) is 0 Å². The van der Waals surface area contributed by atoms with Gasteiger partial charge >= 0.3 is 6.36 Å². The second-order valence-corrected chi connectivity index (χ2v) is 8.03. The van der Waals surface area contributed by atoms with Gasteiger partial charge in [-0.25, -0.2) is 9.37 Å². The minimum absolute atomic E-state index is 0.233. The number of hydrogen-bond acceptors (Lipinski definition) is 4. The van der Waals surface area contributed by atoms with Crippen molar-refractivity contribution in [1.82, 2.24) is 9.97 Å². The van der Waals surface area contributed by atoms with E-state index in [9.17, 15) is 17.6 Å². The van der Waals surface area contributed by atoms with Gasteiger partial charge in [0, 0.05) is 6.42 Å². The summed E-state index contributed by atoms with van der Waals surface area (Å²) >= 11 is 0. The zero-order valence-electron chi connectivity index (χ0n) is 16.4. The largest absolute Gasteiger partial charge is 0.573 e. The van der Waals surface area contributed by atoms with Gasteiger partial charge in [0.2, 0.25) is 0 Å². The monoisotopic (exact) mass is 433 g/mol. The maximum Gasteiger partial charge on any atom is 0.573 e. The molecule has 0 amide bonds. The number of halogens is 4. The number of nitrogens with zero attached hydrogens (tertiary/aromatic N) is 2. The molecule has 9 heteroatoms. The zero-order valence-corrected chi connectivity index (χ0v) is 16.4. The lowest BCUT2D eigenvalue weighted by Crippen LogP contribution is -2.31. The molecule has 0 atom stereocenters. The number of alkyl halides is 3. The van der Waals surface area contributed by atoms with Gasteiger partial charge in [0.05, 0.1) is 16.6 Å². The third-order valence-corrected chi connectivity index (χ3v) is 5.85. The Morgan fingerprint density at radius 3 is 2.65 bits per heavy atom. The first kappa shape index (κ1) is 19.8. The van der Waals surface area contributed by atoms with Crippen LogP contribution >= 0.6 is 0 Å². The van der Waals surface area contributed by atoms with Crippen LogP contribution in [-0.4, -0.2) is 27.6 Å². The highest BCUT2D eigenvalue weighted by atomic mass is 19.4. The molecule has 2 aromatic carbocycles. The number of fused-ring (bicyclic) bond motifs is 1. The molecule has 162 valence electrons. The van der Waals surface area contributed by atoms with Crippen LogP contribution < -0.4 is 4.74 Å². The molecule has 1 N–H and O–H groups in total. The van der Waals surface area contributed by atoms with E-state index in [-0.39, 0.29) is 16.7 Å². The second-order valence-electron chi connectivity index (χ2n) is 8.03. The molecular weight excluding hydrogens is 414 g/mol. The van der Waals surface area contributed by atoms with Gasteiger partial charge in [0.15, 0.2) is 5.82 Å². The highest BCUT2D eigenvalue weighted by Gasteiger charge is 2.41. The molecule has 31 heavy (non-hydrogen) atoms. The van der Waals surface area contributed by atoms with Gasteiger partial charge in [-0.1, -0.05) is 23.7 Å². The molecule has 1 aromatic heterocycles. The van der Waals surface area contributed by atoms with Gasteiger partial charge < -0.3 is 14.6 Å². The van der Waals surface area contributed by atoms with Crippen LogP contribution in [0, 0.1) is 5.82 Å². The molecule has 5 nitrogen and oxygen atoms in total. The Balaban J connectivity index is 1.48. The van der Waals surface area contributed by atoms with Crippen LogP contribution in [0.3, 0.4) is 0 Å². The Morgan fingerprint density at radius 1 is 1.06 bits per heavy atom. The first-order chi connectivity index (χ1) is 14.8. The number of nitrogens with one attached hydrogen (secondary N) is 1. The van der Waals surface area contributed by atoms with E-state index in [1.165, 1.54) is 24.6 Å². The second kappa shape index (κ2) is 7.25. The average Bonchev–Trinajstić information content (AvgIpc) is 3.31. The maximum absolute atomic E-state index is 14.5. The number of oxime groups is 1. The van der Waals surface area contributed by atoms with Crippen LogP contribution in [0.25, 0.3) is 22.2 Å². The summed E-state index contributed by atoms with van der Waals surface area (Å²) in [6, 6.07) is 8.06. The summed E-state index contributed by atoms with van der Waals surface area (Å²) in [5, 5.41) is 4.25. The van der Waals surface area contributed by atoms with Crippen molar-refractivity contribution in [2.24, 2.45) is 5.16 Å². The van der Waals surface area contributed by atoms with Crippen LogP contribution in [0.1, 0.15) is 44.3 Å². The summed E-state index contributed by atoms with van der Waals surface area (Å²) in [6.45, 7) is 0. The Hall–Kier alpha value is -3.10. The lowest BCUT2D eigenvalue weighted by Gasteiger charge is -2.30. The molecule has 2 aliphatic rings. The van der Waals surface area contributed by atoms with Crippen molar-refractivity contribution in [2.45, 2.75) is 50.5 Å². The summed E-state index contributed by atoms with van der Waals surface area (Å²) in [6.07, 6.45) is 1.07. The quantitative estimate of drug-likeness (QED) is 0.508. The molecule has 0 bridgehead atoms. The van der Waals surface area contributed by atoms with E-state index in [1.54, 1.807) is 6.07 Å². The fourth-order valence-electron chi connectivity index (χ4n) is 4.40. The highest BCUT2D eigenvalue weighted by Crippen LogP contribution is 2.40. The number of benzene rings is 2. The maximum atomic E-state index is 14.5. The SMILES string of the molecule is Fc1cccc(OC(F)(F)F)c1-c1ccc2[nH]c(C3=NOC4(CCCCC4)C3)nc2c1. The lowest BCUT2D eigenvalue weighted by atomic mass is 9.81. The summed E-state index contributed by atoms with van der Waals surface area (Å²) < 4.78 is 56.8. The Kier molecular flexibility index (Phi) is 4.64. The number of imidazole rings is 1. The van der Waals surface area contributed by atoms with Crippen LogP contribution in [0.4, 0.5) is 17.6 Å². The predicted octanol–water partition coefficient (Wildman–Crippen LogP) is 6.09. The van der Waals surface area contributed by atoms with Crippen LogP contribution in [0.15, 0.2) is 41.6 Å². The number of rotatable bonds is 3. The standard InChI is InChI=1S/C22H19F4N3O2/c23-14-5-4-6-18(30-22(24,25)26)19(14)13-7-8-15-16(11-13)28-20(27-15)17-12-21(31-29-17)9-2-1-3-10-21/h4-8,11H,1-3,9-10,12H2,(H,27,28). The van der Waals surface area contributed by atoms with Gasteiger partial charge in [-0.3, -0.25) is 0 Å². The first-order valence-electron chi connectivity index (χ1n) is 10.1. The Morgan fingerprint density at radius 2 is 1.87 bits per heavy atom. The summed E-state index contributed by atoms with van der Waals surface area (Å²) in [5.41, 5.74) is 1.58. The first-order valence-corrected chi connectivity index (χ1v) is 10.1. The average molecular weight is 433 g/mol. The third kappa shape index (κ3) is 3.84. The van der Waals surface area contributed by atoms with Crippen molar-refractivity contribution in [3.63, 3.8) is 0 Å². The van der Waals surface area contributed by atoms with E-state index < -0.39 is 17.9 Å². The summed E-state index contributed by atoms with van der Waals surface area (Å²) in [4.78, 5) is 13.5. The molecule has 3 aromatic rings. The lowest BCUT2D eigenvalue weighted by molar-refractivity contribution is -0.274.